The maximum absolute atomic E-state index is 12.9. The zero-order valence-corrected chi connectivity index (χ0v) is 19.8. The molecule has 32 heavy (non-hydrogen) atoms. The highest BCUT2D eigenvalue weighted by Crippen LogP contribution is 2.21. The first-order chi connectivity index (χ1) is 15.2. The van der Waals surface area contributed by atoms with E-state index in [2.05, 4.69) is 20.9 Å². The zero-order chi connectivity index (χ0) is 23.0. The third kappa shape index (κ3) is 4.06. The number of sulfonamides is 1. The molecule has 4 rings (SSSR count). The minimum atomic E-state index is -3.63. The molecule has 0 aliphatic rings. The van der Waals surface area contributed by atoms with Gasteiger partial charge in [0.2, 0.25) is 15.8 Å². The van der Waals surface area contributed by atoms with Crippen molar-refractivity contribution in [3.8, 4) is 0 Å². The fourth-order valence-electron chi connectivity index (χ4n) is 3.43. The molecule has 0 amide bonds. The van der Waals surface area contributed by atoms with Gasteiger partial charge < -0.3 is 9.40 Å². The second-order valence-electron chi connectivity index (χ2n) is 7.55. The van der Waals surface area contributed by atoms with Crippen molar-refractivity contribution < 1.29 is 18.0 Å². The Labute approximate surface area is 189 Å². The minimum absolute atomic E-state index is 0.0885. The molecule has 0 radical (unpaired) electrons. The molecule has 4 aromatic rings. The molecule has 168 valence electrons. The molecule has 0 fully saturated rings. The van der Waals surface area contributed by atoms with Gasteiger partial charge in [0.25, 0.3) is 0 Å². The van der Waals surface area contributed by atoms with E-state index in [1.807, 2.05) is 31.4 Å². The quantitative estimate of drug-likeness (QED) is 0.365. The largest absolute Gasteiger partial charge is 0.387 e. The first kappa shape index (κ1) is 22.2. The van der Waals surface area contributed by atoms with E-state index in [-0.39, 0.29) is 17.3 Å². The lowest BCUT2D eigenvalue weighted by Gasteiger charge is -2.11. The van der Waals surface area contributed by atoms with E-state index in [4.69, 9.17) is 4.84 Å². The van der Waals surface area contributed by atoms with Gasteiger partial charge in [0, 0.05) is 35.9 Å². The van der Waals surface area contributed by atoms with Gasteiger partial charge in [-0.1, -0.05) is 10.9 Å². The number of aromatic nitrogens is 4. The lowest BCUT2D eigenvalue weighted by Crippen LogP contribution is -2.23. The first-order valence-corrected chi connectivity index (χ1v) is 12.1. The number of Topliss-reactive ketones (excluding diaryl/α,β-unsaturated/α-hetero) is 1. The van der Waals surface area contributed by atoms with Gasteiger partial charge >= 0.3 is 0 Å². The van der Waals surface area contributed by atoms with Gasteiger partial charge in [-0.3, -0.25) is 4.79 Å². The average Bonchev–Trinajstić information content (AvgIpc) is 3.48. The summed E-state index contributed by atoms with van der Waals surface area (Å²) < 4.78 is 28.1. The molecule has 0 unspecified atom stereocenters. The number of carbonyl (C=O) groups excluding carboxylic acids is 1. The summed E-state index contributed by atoms with van der Waals surface area (Å²) in [6.45, 7) is 4.33. The summed E-state index contributed by atoms with van der Waals surface area (Å²) in [5.74, 6) is -0.198. The molecule has 3 aromatic heterocycles. The lowest BCUT2D eigenvalue weighted by molar-refractivity contribution is 0.0629. The third-order valence-electron chi connectivity index (χ3n) is 5.25. The molecule has 0 saturated heterocycles. The van der Waals surface area contributed by atoms with Crippen molar-refractivity contribution >= 4 is 38.2 Å². The van der Waals surface area contributed by atoms with Gasteiger partial charge in [0.1, 0.15) is 11.0 Å². The number of carbonyl (C=O) groups is 1. The molecular formula is C21H23N5O4S2. The van der Waals surface area contributed by atoms with Gasteiger partial charge in [-0.2, -0.15) is 0 Å². The zero-order valence-electron chi connectivity index (χ0n) is 18.1. The Morgan fingerprint density at radius 3 is 2.66 bits per heavy atom. The van der Waals surface area contributed by atoms with Gasteiger partial charge in [0.05, 0.1) is 11.4 Å². The van der Waals surface area contributed by atoms with Crippen LogP contribution in [0, 0.1) is 13.8 Å². The normalized spacial score (nSPS) is 12.0. The van der Waals surface area contributed by atoms with Crippen LogP contribution in [0.2, 0.25) is 0 Å². The molecule has 9 nitrogen and oxygen atoms in total. The fourth-order valence-corrected chi connectivity index (χ4v) is 5.04. The molecule has 0 aliphatic carbocycles. The van der Waals surface area contributed by atoms with Crippen molar-refractivity contribution in [2.75, 3.05) is 20.7 Å². The number of benzene rings is 1. The van der Waals surface area contributed by atoms with Crippen molar-refractivity contribution in [2.24, 2.45) is 0 Å². The summed E-state index contributed by atoms with van der Waals surface area (Å²) in [6, 6.07) is 10.4. The van der Waals surface area contributed by atoms with E-state index in [1.165, 1.54) is 31.1 Å². The standard InChI is InChI=1S/C21H23N5O4S2/c1-14-10-18(15(2)25(14)12-16-6-5-9-31-16)21(27)13-30-26-20-11-17(32(28,29)24(3)4)7-8-19(20)22-23-26/h5-11H,12-13H2,1-4H3. The molecule has 0 bridgehead atoms. The first-order valence-electron chi connectivity index (χ1n) is 9.82. The maximum atomic E-state index is 12.9. The number of ketones is 1. The highest BCUT2D eigenvalue weighted by atomic mass is 32.2. The molecule has 11 heteroatoms. The summed E-state index contributed by atoms with van der Waals surface area (Å²) in [5.41, 5.74) is 3.27. The number of hydrogen-bond donors (Lipinski definition) is 0. The third-order valence-corrected chi connectivity index (χ3v) is 7.92. The summed E-state index contributed by atoms with van der Waals surface area (Å²) in [4.78, 5) is 20.9. The van der Waals surface area contributed by atoms with Crippen LogP contribution in [0.4, 0.5) is 0 Å². The smallest absolute Gasteiger partial charge is 0.242 e. The van der Waals surface area contributed by atoms with Gasteiger partial charge in [-0.05, 0) is 54.8 Å². The Morgan fingerprint density at radius 1 is 1.19 bits per heavy atom. The highest BCUT2D eigenvalue weighted by molar-refractivity contribution is 7.89. The molecule has 0 atom stereocenters. The van der Waals surface area contributed by atoms with Crippen molar-refractivity contribution in [3.63, 3.8) is 0 Å². The van der Waals surface area contributed by atoms with Crippen LogP contribution in [-0.4, -0.2) is 58.9 Å². The monoisotopic (exact) mass is 473 g/mol. The van der Waals surface area contributed by atoms with E-state index < -0.39 is 10.0 Å². The predicted octanol–water partition coefficient (Wildman–Crippen LogP) is 2.52. The average molecular weight is 474 g/mol. The number of nitrogens with zero attached hydrogens (tertiary/aromatic N) is 5. The molecule has 0 N–H and O–H groups in total. The van der Waals surface area contributed by atoms with Crippen LogP contribution in [-0.2, 0) is 16.6 Å². The van der Waals surface area contributed by atoms with Crippen LogP contribution in [0.15, 0.2) is 46.7 Å². The van der Waals surface area contributed by atoms with Crippen LogP contribution in [0.1, 0.15) is 26.6 Å². The molecule has 3 heterocycles. The lowest BCUT2D eigenvalue weighted by atomic mass is 10.1. The van der Waals surface area contributed by atoms with E-state index >= 15 is 0 Å². The predicted molar refractivity (Wildman–Crippen MR) is 122 cm³/mol. The van der Waals surface area contributed by atoms with E-state index in [1.54, 1.807) is 17.4 Å². The van der Waals surface area contributed by atoms with Crippen LogP contribution in [0.25, 0.3) is 11.0 Å². The molecule has 0 aliphatic heterocycles. The summed E-state index contributed by atoms with van der Waals surface area (Å²) in [6.07, 6.45) is 0. The Morgan fingerprint density at radius 2 is 1.97 bits per heavy atom. The van der Waals surface area contributed by atoms with E-state index in [0.29, 0.717) is 23.1 Å². The topological polar surface area (TPSA) is 99.3 Å². The van der Waals surface area contributed by atoms with Crippen LogP contribution < -0.4 is 4.84 Å². The number of thiophene rings is 1. The number of fused-ring (bicyclic) bond motifs is 1. The van der Waals surface area contributed by atoms with Crippen molar-refractivity contribution in [1.29, 1.82) is 0 Å². The maximum Gasteiger partial charge on any atom is 0.242 e. The summed E-state index contributed by atoms with van der Waals surface area (Å²) in [5, 5.41) is 9.91. The molecule has 0 spiro atoms. The number of aryl methyl sites for hydroxylation is 1. The van der Waals surface area contributed by atoms with E-state index in [0.717, 1.165) is 20.5 Å². The summed E-state index contributed by atoms with van der Waals surface area (Å²) >= 11 is 1.67. The Kier molecular flexibility index (Phi) is 5.89. The number of rotatable bonds is 8. The molecule has 1 aromatic carbocycles. The number of hydrogen-bond acceptors (Lipinski definition) is 7. The highest BCUT2D eigenvalue weighted by Gasteiger charge is 2.21. The second kappa shape index (κ2) is 8.49. The van der Waals surface area contributed by atoms with Gasteiger partial charge in [-0.15, -0.1) is 16.4 Å². The molecule has 0 saturated carbocycles. The van der Waals surface area contributed by atoms with Gasteiger partial charge in [-0.25, -0.2) is 12.7 Å². The van der Waals surface area contributed by atoms with Crippen LogP contribution in [0.3, 0.4) is 0 Å². The summed E-state index contributed by atoms with van der Waals surface area (Å²) in [7, 11) is -0.712. The van der Waals surface area contributed by atoms with Crippen molar-refractivity contribution in [3.05, 3.63) is 63.6 Å². The van der Waals surface area contributed by atoms with Crippen molar-refractivity contribution in [1.82, 2.24) is 24.0 Å². The Balaban J connectivity index is 1.55. The Bertz CT molecular complexity index is 1390. The van der Waals surface area contributed by atoms with Gasteiger partial charge in [0.15, 0.2) is 6.61 Å². The van der Waals surface area contributed by atoms with Crippen LogP contribution in [0.5, 0.6) is 0 Å². The second-order valence-corrected chi connectivity index (χ2v) is 10.7. The minimum Gasteiger partial charge on any atom is -0.387 e. The Hall–Kier alpha value is -3.02. The molecular weight excluding hydrogens is 450 g/mol. The van der Waals surface area contributed by atoms with E-state index in [9.17, 15) is 13.2 Å². The van der Waals surface area contributed by atoms with Crippen LogP contribution >= 0.6 is 11.3 Å². The fraction of sp³-hybridized carbons (Fsp3) is 0.286. The SMILES string of the molecule is Cc1cc(C(=O)COn2nnc3ccc(S(=O)(=O)N(C)C)cc32)c(C)n1Cc1cccs1. The van der Waals surface area contributed by atoms with Crippen molar-refractivity contribution in [2.45, 2.75) is 25.3 Å².